The molecule has 1 aliphatic rings. The van der Waals surface area contributed by atoms with Crippen molar-refractivity contribution in [2.24, 2.45) is 0 Å². The van der Waals surface area contributed by atoms with Gasteiger partial charge in [-0.1, -0.05) is 17.7 Å². The molecule has 1 aliphatic heterocycles. The topological polar surface area (TPSA) is 54.5 Å². The van der Waals surface area contributed by atoms with Gasteiger partial charge in [-0.05, 0) is 30.7 Å². The van der Waals surface area contributed by atoms with Crippen molar-refractivity contribution in [1.29, 1.82) is 0 Å². The standard InChI is InChI=1S/C17H18ClN3O2/c1-12-15(18)3-2-4-16(12)20-17(22)13-9-14(11-19-10-13)21-5-7-23-8-6-21/h2-4,9-11H,5-8H2,1H3,(H,20,22). The first kappa shape index (κ1) is 15.8. The molecule has 1 aromatic carbocycles. The maximum atomic E-state index is 12.5. The summed E-state index contributed by atoms with van der Waals surface area (Å²) >= 11 is 6.09. The molecular formula is C17H18ClN3O2. The van der Waals surface area contributed by atoms with Crippen molar-refractivity contribution < 1.29 is 9.53 Å². The van der Waals surface area contributed by atoms with Gasteiger partial charge in [0, 0.05) is 30.0 Å². The summed E-state index contributed by atoms with van der Waals surface area (Å²) in [5.41, 5.74) is 3.01. The zero-order chi connectivity index (χ0) is 16.2. The molecule has 0 unspecified atom stereocenters. The first-order valence-electron chi connectivity index (χ1n) is 7.49. The Labute approximate surface area is 140 Å². The highest BCUT2D eigenvalue weighted by Gasteiger charge is 2.15. The molecule has 23 heavy (non-hydrogen) atoms. The minimum atomic E-state index is -0.196. The fraction of sp³-hybridized carbons (Fsp3) is 0.294. The summed E-state index contributed by atoms with van der Waals surface area (Å²) in [4.78, 5) is 18.8. The third-order valence-corrected chi connectivity index (χ3v) is 4.29. The molecule has 0 atom stereocenters. The van der Waals surface area contributed by atoms with Crippen LogP contribution in [0.3, 0.4) is 0 Å². The Morgan fingerprint density at radius 3 is 2.87 bits per heavy atom. The molecule has 0 bridgehead atoms. The summed E-state index contributed by atoms with van der Waals surface area (Å²) in [6, 6.07) is 7.30. The molecule has 120 valence electrons. The van der Waals surface area contributed by atoms with Crippen molar-refractivity contribution in [2.75, 3.05) is 36.5 Å². The van der Waals surface area contributed by atoms with Crippen LogP contribution in [0.2, 0.25) is 5.02 Å². The van der Waals surface area contributed by atoms with Crippen molar-refractivity contribution in [2.45, 2.75) is 6.92 Å². The second kappa shape index (κ2) is 6.98. The van der Waals surface area contributed by atoms with Crippen LogP contribution in [0, 0.1) is 6.92 Å². The summed E-state index contributed by atoms with van der Waals surface area (Å²) < 4.78 is 5.35. The minimum absolute atomic E-state index is 0.196. The van der Waals surface area contributed by atoms with Gasteiger partial charge in [0.1, 0.15) is 0 Å². The number of anilines is 2. The minimum Gasteiger partial charge on any atom is -0.378 e. The molecule has 1 amide bonds. The molecule has 3 rings (SSSR count). The van der Waals surface area contributed by atoms with Crippen molar-refractivity contribution in [3.05, 3.63) is 52.8 Å². The van der Waals surface area contributed by atoms with Gasteiger partial charge in [-0.3, -0.25) is 9.78 Å². The lowest BCUT2D eigenvalue weighted by Crippen LogP contribution is -2.36. The average molecular weight is 332 g/mol. The van der Waals surface area contributed by atoms with Crippen molar-refractivity contribution in [1.82, 2.24) is 4.98 Å². The molecule has 1 aromatic heterocycles. The van der Waals surface area contributed by atoms with Gasteiger partial charge < -0.3 is 15.0 Å². The first-order chi connectivity index (χ1) is 11.1. The molecule has 0 saturated carbocycles. The normalized spacial score (nSPS) is 14.6. The highest BCUT2D eigenvalue weighted by atomic mass is 35.5. The number of carbonyl (C=O) groups excluding carboxylic acids is 1. The Hall–Kier alpha value is -2.11. The van der Waals surface area contributed by atoms with Gasteiger partial charge in [-0.15, -0.1) is 0 Å². The van der Waals surface area contributed by atoms with E-state index in [9.17, 15) is 4.79 Å². The zero-order valence-corrected chi connectivity index (χ0v) is 13.6. The van der Waals surface area contributed by atoms with Gasteiger partial charge >= 0.3 is 0 Å². The van der Waals surface area contributed by atoms with Crippen LogP contribution >= 0.6 is 11.6 Å². The van der Waals surface area contributed by atoms with Gasteiger partial charge in [0.2, 0.25) is 0 Å². The van der Waals surface area contributed by atoms with Crippen molar-refractivity contribution in [3.8, 4) is 0 Å². The SMILES string of the molecule is Cc1c(Cl)cccc1NC(=O)c1cncc(N2CCOCC2)c1. The number of pyridine rings is 1. The monoisotopic (exact) mass is 331 g/mol. The lowest BCUT2D eigenvalue weighted by atomic mass is 10.1. The number of amides is 1. The van der Waals surface area contributed by atoms with E-state index in [2.05, 4.69) is 15.2 Å². The third-order valence-electron chi connectivity index (χ3n) is 3.88. The summed E-state index contributed by atoms with van der Waals surface area (Å²) in [5.74, 6) is -0.196. The number of nitrogens with one attached hydrogen (secondary N) is 1. The quantitative estimate of drug-likeness (QED) is 0.938. The van der Waals surface area contributed by atoms with Crippen LogP contribution in [0.15, 0.2) is 36.7 Å². The van der Waals surface area contributed by atoms with Crippen LogP contribution in [0.1, 0.15) is 15.9 Å². The second-order valence-corrected chi connectivity index (χ2v) is 5.80. The number of aromatic nitrogens is 1. The smallest absolute Gasteiger partial charge is 0.257 e. The van der Waals surface area contributed by atoms with Gasteiger partial charge in [-0.25, -0.2) is 0 Å². The Kier molecular flexibility index (Phi) is 4.79. The molecule has 2 heterocycles. The predicted octanol–water partition coefficient (Wildman–Crippen LogP) is 3.13. The summed E-state index contributed by atoms with van der Waals surface area (Å²) in [7, 11) is 0. The number of rotatable bonds is 3. The summed E-state index contributed by atoms with van der Waals surface area (Å²) in [6.45, 7) is 4.87. The van der Waals surface area contributed by atoms with Crippen LogP contribution < -0.4 is 10.2 Å². The van der Waals surface area contributed by atoms with Crippen LogP contribution in [-0.4, -0.2) is 37.2 Å². The number of ether oxygens (including phenoxy) is 1. The number of carbonyl (C=O) groups is 1. The van der Waals surface area contributed by atoms with E-state index in [-0.39, 0.29) is 5.91 Å². The molecule has 0 aliphatic carbocycles. The number of morpholine rings is 1. The molecule has 0 radical (unpaired) electrons. The van der Waals surface area contributed by atoms with E-state index >= 15 is 0 Å². The van der Waals surface area contributed by atoms with Crippen LogP contribution in [0.4, 0.5) is 11.4 Å². The predicted molar refractivity (Wildman–Crippen MR) is 91.4 cm³/mol. The van der Waals surface area contributed by atoms with E-state index in [1.165, 1.54) is 0 Å². The molecule has 5 nitrogen and oxygen atoms in total. The molecule has 1 N–H and O–H groups in total. The molecule has 2 aromatic rings. The fourth-order valence-electron chi connectivity index (χ4n) is 2.48. The van der Waals surface area contributed by atoms with Gasteiger partial charge in [0.25, 0.3) is 5.91 Å². The number of benzene rings is 1. The van der Waals surface area contributed by atoms with Crippen LogP contribution in [0.5, 0.6) is 0 Å². The van der Waals surface area contributed by atoms with Crippen LogP contribution in [-0.2, 0) is 4.74 Å². The fourth-order valence-corrected chi connectivity index (χ4v) is 2.66. The summed E-state index contributed by atoms with van der Waals surface area (Å²) in [6.07, 6.45) is 3.34. The first-order valence-corrected chi connectivity index (χ1v) is 7.87. The number of halogens is 1. The van der Waals surface area contributed by atoms with E-state index < -0.39 is 0 Å². The van der Waals surface area contributed by atoms with Gasteiger partial charge in [0.05, 0.1) is 30.7 Å². The van der Waals surface area contributed by atoms with E-state index in [0.29, 0.717) is 29.5 Å². The second-order valence-electron chi connectivity index (χ2n) is 5.40. The van der Waals surface area contributed by atoms with Crippen molar-refractivity contribution >= 4 is 28.9 Å². The van der Waals surface area contributed by atoms with Crippen molar-refractivity contribution in [3.63, 3.8) is 0 Å². The van der Waals surface area contributed by atoms with Gasteiger partial charge in [-0.2, -0.15) is 0 Å². The van der Waals surface area contributed by atoms with E-state index in [0.717, 1.165) is 24.3 Å². The number of nitrogens with zero attached hydrogens (tertiary/aromatic N) is 2. The number of hydrogen-bond donors (Lipinski definition) is 1. The summed E-state index contributed by atoms with van der Waals surface area (Å²) in [5, 5.41) is 3.52. The van der Waals surface area contributed by atoms with Gasteiger partial charge in [0.15, 0.2) is 0 Å². The highest BCUT2D eigenvalue weighted by Crippen LogP contribution is 2.24. The molecule has 6 heteroatoms. The lowest BCUT2D eigenvalue weighted by molar-refractivity contribution is 0.102. The lowest BCUT2D eigenvalue weighted by Gasteiger charge is -2.28. The molecule has 1 saturated heterocycles. The molecular weight excluding hydrogens is 314 g/mol. The van der Waals surface area contributed by atoms with E-state index in [1.807, 2.05) is 25.1 Å². The Balaban J connectivity index is 1.78. The average Bonchev–Trinajstić information content (AvgIpc) is 2.60. The molecule has 0 spiro atoms. The Morgan fingerprint density at radius 1 is 1.30 bits per heavy atom. The van der Waals surface area contributed by atoms with E-state index in [1.54, 1.807) is 18.5 Å². The Bertz CT molecular complexity index is 715. The largest absolute Gasteiger partial charge is 0.378 e. The third kappa shape index (κ3) is 3.63. The maximum absolute atomic E-state index is 12.5. The Morgan fingerprint density at radius 2 is 2.09 bits per heavy atom. The highest BCUT2D eigenvalue weighted by molar-refractivity contribution is 6.31. The zero-order valence-electron chi connectivity index (χ0n) is 12.9. The maximum Gasteiger partial charge on any atom is 0.257 e. The number of hydrogen-bond acceptors (Lipinski definition) is 4. The van der Waals surface area contributed by atoms with Crippen LogP contribution in [0.25, 0.3) is 0 Å². The van der Waals surface area contributed by atoms with E-state index in [4.69, 9.17) is 16.3 Å². The molecule has 1 fully saturated rings.